The van der Waals surface area contributed by atoms with Gasteiger partial charge >= 0.3 is 0 Å². The highest BCUT2D eigenvalue weighted by molar-refractivity contribution is 7.10. The summed E-state index contributed by atoms with van der Waals surface area (Å²) in [4.78, 5) is 3.81. The van der Waals surface area contributed by atoms with Crippen LogP contribution in [0.5, 0.6) is 0 Å². The topological polar surface area (TPSA) is 38.5 Å². The van der Waals surface area contributed by atoms with E-state index in [-0.39, 0.29) is 0 Å². The minimum absolute atomic E-state index is 0.351. The van der Waals surface area contributed by atoms with Crippen molar-refractivity contribution in [2.24, 2.45) is 5.73 Å². The minimum atomic E-state index is 0.351. The number of nitrogens with two attached hydrogens (primary N) is 1. The van der Waals surface area contributed by atoms with Crippen LogP contribution in [0, 0.1) is 0 Å². The van der Waals surface area contributed by atoms with E-state index in [9.17, 15) is 0 Å². The molecule has 1 aromatic heterocycles. The molecule has 1 aliphatic rings. The van der Waals surface area contributed by atoms with Crippen molar-refractivity contribution in [2.75, 3.05) is 26.2 Å². The molecule has 2 atom stereocenters. The summed E-state index contributed by atoms with van der Waals surface area (Å²) in [7, 11) is 0. The molecule has 0 bridgehead atoms. The Bertz CT molecular complexity index is 309. The van der Waals surface area contributed by atoms with Crippen molar-refractivity contribution >= 4 is 11.3 Å². The molecule has 2 N–H and O–H groups in total. The van der Waals surface area contributed by atoms with Gasteiger partial charge < -0.3 is 10.5 Å². The Hall–Kier alpha value is -0.420. The second-order valence-corrected chi connectivity index (χ2v) is 5.47. The minimum Gasteiger partial charge on any atom is -0.377 e. The SMILES string of the molecule is CCN(CC1CCCO1)C(CN)c1cccs1. The number of likely N-dealkylation sites (N-methyl/N-ethyl adjacent to an activating group) is 1. The summed E-state index contributed by atoms with van der Waals surface area (Å²) in [6, 6.07) is 4.63. The Labute approximate surface area is 108 Å². The zero-order valence-corrected chi connectivity index (χ0v) is 11.3. The van der Waals surface area contributed by atoms with Gasteiger partial charge in [-0.2, -0.15) is 0 Å². The van der Waals surface area contributed by atoms with Gasteiger partial charge in [-0.15, -0.1) is 11.3 Å². The van der Waals surface area contributed by atoms with E-state index in [1.807, 2.05) is 0 Å². The molecule has 1 aromatic rings. The second kappa shape index (κ2) is 6.50. The predicted molar refractivity (Wildman–Crippen MR) is 72.3 cm³/mol. The van der Waals surface area contributed by atoms with Crippen LogP contribution in [0.2, 0.25) is 0 Å². The zero-order valence-electron chi connectivity index (χ0n) is 10.5. The van der Waals surface area contributed by atoms with Crippen molar-refractivity contribution in [1.82, 2.24) is 4.90 Å². The first-order chi connectivity index (χ1) is 8.35. The highest BCUT2D eigenvalue weighted by Gasteiger charge is 2.24. The Balaban J connectivity index is 1.99. The van der Waals surface area contributed by atoms with E-state index < -0.39 is 0 Å². The molecule has 0 radical (unpaired) electrons. The first-order valence-corrected chi connectivity index (χ1v) is 7.32. The Kier molecular flexibility index (Phi) is 4.98. The van der Waals surface area contributed by atoms with E-state index >= 15 is 0 Å². The van der Waals surface area contributed by atoms with E-state index in [1.54, 1.807) is 11.3 Å². The van der Waals surface area contributed by atoms with Gasteiger partial charge in [-0.1, -0.05) is 13.0 Å². The summed E-state index contributed by atoms with van der Waals surface area (Å²) in [6.45, 7) is 5.84. The molecule has 17 heavy (non-hydrogen) atoms. The first kappa shape index (κ1) is 13.0. The molecule has 96 valence electrons. The number of ether oxygens (including phenoxy) is 1. The summed E-state index contributed by atoms with van der Waals surface area (Å²) >= 11 is 1.79. The zero-order chi connectivity index (χ0) is 12.1. The smallest absolute Gasteiger partial charge is 0.0703 e. The molecule has 1 saturated heterocycles. The molecule has 0 aliphatic carbocycles. The van der Waals surface area contributed by atoms with Gasteiger partial charge in [-0.25, -0.2) is 0 Å². The lowest BCUT2D eigenvalue weighted by Gasteiger charge is -2.31. The molecular weight excluding hydrogens is 232 g/mol. The van der Waals surface area contributed by atoms with Crippen molar-refractivity contribution in [1.29, 1.82) is 0 Å². The van der Waals surface area contributed by atoms with Crippen LogP contribution in [-0.4, -0.2) is 37.2 Å². The molecule has 0 amide bonds. The fraction of sp³-hybridized carbons (Fsp3) is 0.692. The van der Waals surface area contributed by atoms with Crippen molar-refractivity contribution in [3.63, 3.8) is 0 Å². The molecule has 2 heterocycles. The highest BCUT2D eigenvalue weighted by atomic mass is 32.1. The summed E-state index contributed by atoms with van der Waals surface area (Å²) in [5, 5.41) is 2.12. The lowest BCUT2D eigenvalue weighted by atomic mass is 10.1. The van der Waals surface area contributed by atoms with Crippen LogP contribution in [0.3, 0.4) is 0 Å². The van der Waals surface area contributed by atoms with E-state index in [0.717, 1.165) is 19.7 Å². The first-order valence-electron chi connectivity index (χ1n) is 6.44. The monoisotopic (exact) mass is 254 g/mol. The van der Waals surface area contributed by atoms with Crippen LogP contribution in [-0.2, 0) is 4.74 Å². The quantitative estimate of drug-likeness (QED) is 0.846. The van der Waals surface area contributed by atoms with E-state index in [2.05, 4.69) is 29.3 Å². The Morgan fingerprint density at radius 2 is 2.53 bits per heavy atom. The maximum absolute atomic E-state index is 5.94. The number of rotatable bonds is 6. The largest absolute Gasteiger partial charge is 0.377 e. The van der Waals surface area contributed by atoms with Crippen LogP contribution in [0.4, 0.5) is 0 Å². The van der Waals surface area contributed by atoms with E-state index in [1.165, 1.54) is 17.7 Å². The number of nitrogens with zero attached hydrogens (tertiary/aromatic N) is 1. The van der Waals surface area contributed by atoms with Gasteiger partial charge in [0.1, 0.15) is 0 Å². The maximum Gasteiger partial charge on any atom is 0.0703 e. The van der Waals surface area contributed by atoms with Crippen molar-refractivity contribution < 1.29 is 4.74 Å². The summed E-state index contributed by atoms with van der Waals surface area (Å²) < 4.78 is 5.72. The van der Waals surface area contributed by atoms with Crippen LogP contribution < -0.4 is 5.73 Å². The van der Waals surface area contributed by atoms with E-state index in [4.69, 9.17) is 10.5 Å². The average molecular weight is 254 g/mol. The van der Waals surface area contributed by atoms with Crippen LogP contribution in [0.15, 0.2) is 17.5 Å². The molecule has 1 aliphatic heterocycles. The fourth-order valence-electron chi connectivity index (χ4n) is 2.45. The normalized spacial score (nSPS) is 22.2. The van der Waals surface area contributed by atoms with Crippen LogP contribution in [0.25, 0.3) is 0 Å². The van der Waals surface area contributed by atoms with E-state index in [0.29, 0.717) is 18.7 Å². The molecule has 0 spiro atoms. The van der Waals surface area contributed by atoms with Crippen molar-refractivity contribution in [3.05, 3.63) is 22.4 Å². The standard InChI is InChI=1S/C13H22N2OS/c1-2-15(10-11-5-3-7-16-11)12(9-14)13-6-4-8-17-13/h4,6,8,11-12H,2-3,5,7,9-10,14H2,1H3. The van der Waals surface area contributed by atoms with Crippen molar-refractivity contribution in [2.45, 2.75) is 31.9 Å². The molecule has 0 saturated carbocycles. The predicted octanol–water partition coefficient (Wildman–Crippen LogP) is 2.25. The third-order valence-electron chi connectivity index (χ3n) is 3.40. The highest BCUT2D eigenvalue weighted by Crippen LogP contribution is 2.25. The fourth-order valence-corrected chi connectivity index (χ4v) is 3.33. The summed E-state index contributed by atoms with van der Waals surface area (Å²) in [5.41, 5.74) is 5.94. The lowest BCUT2D eigenvalue weighted by Crippen LogP contribution is -2.38. The molecule has 1 fully saturated rings. The molecule has 3 nitrogen and oxygen atoms in total. The van der Waals surface area contributed by atoms with Gasteiger partial charge in [0.2, 0.25) is 0 Å². The molecule has 0 aromatic carbocycles. The Morgan fingerprint density at radius 3 is 3.06 bits per heavy atom. The van der Waals surface area contributed by atoms with Crippen molar-refractivity contribution in [3.8, 4) is 0 Å². The Morgan fingerprint density at radius 1 is 1.65 bits per heavy atom. The lowest BCUT2D eigenvalue weighted by molar-refractivity contribution is 0.0607. The van der Waals surface area contributed by atoms with Gasteiger partial charge in [0.25, 0.3) is 0 Å². The van der Waals surface area contributed by atoms with Gasteiger partial charge in [0, 0.05) is 24.6 Å². The third-order valence-corrected chi connectivity index (χ3v) is 4.38. The number of hydrogen-bond acceptors (Lipinski definition) is 4. The summed E-state index contributed by atoms with van der Waals surface area (Å²) in [5.74, 6) is 0. The van der Waals surface area contributed by atoms with Crippen LogP contribution >= 0.6 is 11.3 Å². The average Bonchev–Trinajstić information content (AvgIpc) is 3.00. The second-order valence-electron chi connectivity index (χ2n) is 4.49. The molecule has 2 rings (SSSR count). The number of thiophene rings is 1. The molecular formula is C13H22N2OS. The van der Waals surface area contributed by atoms with Gasteiger partial charge in [-0.3, -0.25) is 4.90 Å². The molecule has 4 heteroatoms. The molecule has 2 unspecified atom stereocenters. The number of hydrogen-bond donors (Lipinski definition) is 1. The van der Waals surface area contributed by atoms with Gasteiger partial charge in [0.05, 0.1) is 12.1 Å². The van der Waals surface area contributed by atoms with Crippen LogP contribution in [0.1, 0.15) is 30.7 Å². The van der Waals surface area contributed by atoms with Gasteiger partial charge in [-0.05, 0) is 30.8 Å². The van der Waals surface area contributed by atoms with Gasteiger partial charge in [0.15, 0.2) is 0 Å². The summed E-state index contributed by atoms with van der Waals surface area (Å²) in [6.07, 6.45) is 2.80. The maximum atomic E-state index is 5.94. The third kappa shape index (κ3) is 3.28.